The monoisotopic (exact) mass is 461 g/mol. The van der Waals surface area contributed by atoms with Crippen LogP contribution in [0.1, 0.15) is 53.7 Å². The van der Waals surface area contributed by atoms with Crippen molar-refractivity contribution in [1.29, 1.82) is 0 Å². The van der Waals surface area contributed by atoms with E-state index in [9.17, 15) is 9.90 Å². The summed E-state index contributed by atoms with van der Waals surface area (Å²) in [6, 6.07) is 1.75. The number of nitrogens with two attached hydrogens (primary N) is 1. The van der Waals surface area contributed by atoms with Crippen molar-refractivity contribution in [1.82, 2.24) is 30.2 Å². The van der Waals surface area contributed by atoms with Gasteiger partial charge in [-0.05, 0) is 58.3 Å². The molecule has 3 aromatic heterocycles. The second kappa shape index (κ2) is 9.22. The van der Waals surface area contributed by atoms with Gasteiger partial charge in [0.15, 0.2) is 17.3 Å². The van der Waals surface area contributed by atoms with Crippen LogP contribution in [0.2, 0.25) is 0 Å². The minimum Gasteiger partial charge on any atom is -0.478 e. The van der Waals surface area contributed by atoms with E-state index in [4.69, 9.17) is 19.8 Å². The molecule has 12 heteroatoms. The van der Waals surface area contributed by atoms with Crippen LogP contribution in [0, 0.1) is 0 Å². The van der Waals surface area contributed by atoms with E-state index >= 15 is 0 Å². The molecule has 0 aliphatic carbocycles. The zero-order chi connectivity index (χ0) is 24.4. The van der Waals surface area contributed by atoms with Crippen molar-refractivity contribution >= 4 is 22.9 Å². The standard InChI is InChI=1S/C21H31N7O5/c1-7-28-12-11-13(31-10-8-9-23-19(29)32-20(2,3)4)24-16(21(5,6)30)14(12)25-18(28)15-17(22)27-33-26-15/h11,30H,7-10H2,1-6H3,(H2,22,27)(H,23,29). The number of pyridine rings is 1. The fourth-order valence-corrected chi connectivity index (χ4v) is 3.20. The second-order valence-corrected chi connectivity index (χ2v) is 9.04. The van der Waals surface area contributed by atoms with E-state index in [-0.39, 0.29) is 5.82 Å². The largest absolute Gasteiger partial charge is 0.478 e. The lowest BCUT2D eigenvalue weighted by atomic mass is 10.0. The number of nitrogens with zero attached hydrogens (tertiary/aromatic N) is 5. The smallest absolute Gasteiger partial charge is 0.407 e. The molecular weight excluding hydrogens is 430 g/mol. The normalized spacial score (nSPS) is 12.2. The van der Waals surface area contributed by atoms with Crippen LogP contribution < -0.4 is 15.8 Å². The number of amides is 1. The highest BCUT2D eigenvalue weighted by Crippen LogP contribution is 2.33. The minimum absolute atomic E-state index is 0.117. The van der Waals surface area contributed by atoms with E-state index in [1.54, 1.807) is 40.7 Å². The van der Waals surface area contributed by atoms with Gasteiger partial charge in [0, 0.05) is 19.2 Å². The molecule has 0 unspecified atom stereocenters. The molecule has 0 saturated heterocycles. The molecule has 12 nitrogen and oxygen atoms in total. The number of carbonyl (C=O) groups excluding carboxylic acids is 1. The Bertz CT molecular complexity index is 1120. The van der Waals surface area contributed by atoms with E-state index in [0.29, 0.717) is 60.2 Å². The molecule has 0 aliphatic heterocycles. The second-order valence-electron chi connectivity index (χ2n) is 9.04. The predicted octanol–water partition coefficient (Wildman–Crippen LogP) is 2.60. The molecule has 0 fully saturated rings. The highest BCUT2D eigenvalue weighted by atomic mass is 16.6. The minimum atomic E-state index is -1.28. The lowest BCUT2D eigenvalue weighted by Gasteiger charge is -2.20. The summed E-state index contributed by atoms with van der Waals surface area (Å²) in [4.78, 5) is 20.9. The summed E-state index contributed by atoms with van der Waals surface area (Å²) in [5.74, 6) is 0.897. The maximum Gasteiger partial charge on any atom is 0.407 e. The number of carbonyl (C=O) groups is 1. The summed E-state index contributed by atoms with van der Waals surface area (Å²) in [6.07, 6.45) is 0.0586. The van der Waals surface area contributed by atoms with Crippen molar-refractivity contribution in [2.45, 2.75) is 65.7 Å². The number of ether oxygens (including phenoxy) is 2. The van der Waals surface area contributed by atoms with Gasteiger partial charge in [-0.25, -0.2) is 19.4 Å². The maximum absolute atomic E-state index is 11.7. The Morgan fingerprint density at radius 2 is 1.97 bits per heavy atom. The van der Waals surface area contributed by atoms with Gasteiger partial charge in [0.25, 0.3) is 0 Å². The number of hydrogen-bond donors (Lipinski definition) is 3. The number of anilines is 1. The van der Waals surface area contributed by atoms with Crippen molar-refractivity contribution in [2.24, 2.45) is 0 Å². The topological polar surface area (TPSA) is 163 Å². The summed E-state index contributed by atoms with van der Waals surface area (Å²) in [7, 11) is 0. The molecule has 0 bridgehead atoms. The Morgan fingerprint density at radius 3 is 2.55 bits per heavy atom. The first-order valence-electron chi connectivity index (χ1n) is 10.7. The van der Waals surface area contributed by atoms with Gasteiger partial charge in [0.2, 0.25) is 5.88 Å². The fraction of sp³-hybridized carbons (Fsp3) is 0.571. The van der Waals surface area contributed by atoms with Gasteiger partial charge in [-0.3, -0.25) is 0 Å². The third-order valence-corrected chi connectivity index (χ3v) is 4.57. The molecule has 33 heavy (non-hydrogen) atoms. The predicted molar refractivity (Wildman–Crippen MR) is 120 cm³/mol. The van der Waals surface area contributed by atoms with Gasteiger partial charge in [-0.1, -0.05) is 0 Å². The summed E-state index contributed by atoms with van der Waals surface area (Å²) < 4.78 is 17.6. The van der Waals surface area contributed by atoms with Gasteiger partial charge < -0.3 is 30.2 Å². The number of fused-ring (bicyclic) bond motifs is 1. The first kappa shape index (κ1) is 24.2. The van der Waals surface area contributed by atoms with Crippen LogP contribution in [0.15, 0.2) is 10.7 Å². The number of rotatable bonds is 8. The zero-order valence-corrected chi connectivity index (χ0v) is 19.8. The fourth-order valence-electron chi connectivity index (χ4n) is 3.20. The molecule has 1 amide bonds. The van der Waals surface area contributed by atoms with Crippen LogP contribution in [0.4, 0.5) is 10.6 Å². The molecule has 3 rings (SSSR count). The van der Waals surface area contributed by atoms with Crippen LogP contribution in [0.5, 0.6) is 5.88 Å². The molecule has 3 aromatic rings. The molecule has 0 spiro atoms. The summed E-state index contributed by atoms with van der Waals surface area (Å²) in [5.41, 5.74) is 5.89. The Hall–Kier alpha value is -3.41. The van der Waals surface area contributed by atoms with Gasteiger partial charge in [0.1, 0.15) is 22.4 Å². The number of alkyl carbamates (subject to hydrolysis) is 1. The first-order chi connectivity index (χ1) is 15.4. The van der Waals surface area contributed by atoms with E-state index in [1.165, 1.54) is 0 Å². The van der Waals surface area contributed by atoms with E-state index in [2.05, 4.69) is 25.6 Å². The van der Waals surface area contributed by atoms with Crippen molar-refractivity contribution in [3.05, 3.63) is 11.8 Å². The quantitative estimate of drug-likeness (QED) is 0.425. The summed E-state index contributed by atoms with van der Waals surface area (Å²) in [6.45, 7) is 11.8. The summed E-state index contributed by atoms with van der Waals surface area (Å²) >= 11 is 0. The molecule has 0 atom stereocenters. The van der Waals surface area contributed by atoms with Crippen molar-refractivity contribution in [3.63, 3.8) is 0 Å². The van der Waals surface area contributed by atoms with Crippen LogP contribution in [-0.4, -0.2) is 54.8 Å². The van der Waals surface area contributed by atoms with E-state index in [1.807, 2.05) is 11.5 Å². The van der Waals surface area contributed by atoms with Gasteiger partial charge >= 0.3 is 6.09 Å². The Morgan fingerprint density at radius 1 is 1.24 bits per heavy atom. The first-order valence-corrected chi connectivity index (χ1v) is 10.7. The Balaban J connectivity index is 1.82. The molecule has 0 aromatic carbocycles. The van der Waals surface area contributed by atoms with Crippen molar-refractivity contribution < 1.29 is 24.0 Å². The molecule has 4 N–H and O–H groups in total. The lowest BCUT2D eigenvalue weighted by Crippen LogP contribution is -2.33. The van der Waals surface area contributed by atoms with Crippen molar-refractivity contribution in [2.75, 3.05) is 18.9 Å². The highest BCUT2D eigenvalue weighted by Gasteiger charge is 2.28. The Kier molecular flexibility index (Phi) is 6.77. The average Bonchev–Trinajstić information content (AvgIpc) is 3.27. The van der Waals surface area contributed by atoms with Gasteiger partial charge in [-0.15, -0.1) is 0 Å². The van der Waals surface area contributed by atoms with Crippen LogP contribution in [-0.2, 0) is 16.9 Å². The number of hydrogen-bond acceptors (Lipinski definition) is 10. The van der Waals surface area contributed by atoms with Crippen LogP contribution >= 0.6 is 0 Å². The highest BCUT2D eigenvalue weighted by molar-refractivity contribution is 5.84. The number of imidazole rings is 1. The third kappa shape index (κ3) is 5.69. The molecule has 0 saturated carbocycles. The van der Waals surface area contributed by atoms with Crippen molar-refractivity contribution in [3.8, 4) is 17.4 Å². The Labute approximate surface area is 191 Å². The number of aliphatic hydroxyl groups is 1. The van der Waals surface area contributed by atoms with Gasteiger partial charge in [-0.2, -0.15) is 0 Å². The van der Waals surface area contributed by atoms with E-state index in [0.717, 1.165) is 0 Å². The van der Waals surface area contributed by atoms with E-state index < -0.39 is 17.3 Å². The lowest BCUT2D eigenvalue weighted by molar-refractivity contribution is 0.0524. The number of nitrogen functional groups attached to an aromatic ring is 1. The number of aromatic nitrogens is 5. The molecular formula is C21H31N7O5. The average molecular weight is 462 g/mol. The molecule has 0 aliphatic rings. The number of nitrogens with one attached hydrogen (secondary N) is 1. The van der Waals surface area contributed by atoms with Crippen LogP contribution in [0.25, 0.3) is 22.6 Å². The maximum atomic E-state index is 11.7. The molecule has 180 valence electrons. The summed E-state index contributed by atoms with van der Waals surface area (Å²) in [5, 5.41) is 20.9. The van der Waals surface area contributed by atoms with Crippen LogP contribution in [0.3, 0.4) is 0 Å². The van der Waals surface area contributed by atoms with Gasteiger partial charge in [0.05, 0.1) is 12.1 Å². The number of aryl methyl sites for hydroxylation is 1. The molecule has 0 radical (unpaired) electrons. The SMILES string of the molecule is CCn1c(-c2nonc2N)nc2c(C(C)(C)O)nc(OCCCNC(=O)OC(C)(C)C)cc21. The molecule has 3 heterocycles. The zero-order valence-electron chi connectivity index (χ0n) is 19.8. The third-order valence-electron chi connectivity index (χ3n) is 4.57.